The Kier molecular flexibility index (Phi) is 8.67. The number of methoxy groups -OCH3 is 1. The third-order valence-corrected chi connectivity index (χ3v) is 6.49. The van der Waals surface area contributed by atoms with Crippen LogP contribution in [-0.4, -0.2) is 45.4 Å². The van der Waals surface area contributed by atoms with Crippen molar-refractivity contribution in [1.29, 1.82) is 0 Å². The molecule has 0 aliphatic carbocycles. The normalized spacial score (nSPS) is 11.4. The molecule has 0 saturated carbocycles. The van der Waals surface area contributed by atoms with Crippen LogP contribution in [0.15, 0.2) is 53.4 Å². The Bertz CT molecular complexity index is 889. The highest BCUT2D eigenvalue weighted by Crippen LogP contribution is 2.18. The highest BCUT2D eigenvalue weighted by Gasteiger charge is 2.23. The van der Waals surface area contributed by atoms with Gasteiger partial charge in [0.1, 0.15) is 5.75 Å². The van der Waals surface area contributed by atoms with Gasteiger partial charge in [-0.3, -0.25) is 4.79 Å². The van der Waals surface area contributed by atoms with Crippen LogP contribution in [0.25, 0.3) is 0 Å². The molecule has 2 aromatic rings. The van der Waals surface area contributed by atoms with Gasteiger partial charge in [0.05, 0.1) is 12.0 Å². The molecule has 0 heterocycles. The maximum atomic E-state index is 12.8. The van der Waals surface area contributed by atoms with E-state index in [0.717, 1.165) is 24.2 Å². The van der Waals surface area contributed by atoms with Gasteiger partial charge in [-0.05, 0) is 55.2 Å². The number of amides is 1. The maximum Gasteiger partial charge on any atom is 0.251 e. The number of nitrogens with one attached hydrogen (secondary N) is 1. The fourth-order valence-corrected chi connectivity index (χ4v) is 4.72. The summed E-state index contributed by atoms with van der Waals surface area (Å²) in [6, 6.07) is 13.8. The fourth-order valence-electron chi connectivity index (χ4n) is 3.10. The van der Waals surface area contributed by atoms with Crippen LogP contribution in [0.3, 0.4) is 0 Å². The number of carbonyl (C=O) groups excluding carboxylic acids is 1. The van der Waals surface area contributed by atoms with Crippen LogP contribution in [0, 0.1) is 0 Å². The summed E-state index contributed by atoms with van der Waals surface area (Å²) < 4.78 is 32.4. The SMILES string of the molecule is CCCN(CCC)S(=O)(=O)c1ccc(C(=O)NCCc2ccccc2OC)cc1. The summed E-state index contributed by atoms with van der Waals surface area (Å²) in [7, 11) is -1.92. The Morgan fingerprint density at radius 3 is 2.21 bits per heavy atom. The van der Waals surface area contributed by atoms with Crippen molar-refractivity contribution in [3.8, 4) is 5.75 Å². The van der Waals surface area contributed by atoms with E-state index < -0.39 is 10.0 Å². The first-order valence-electron chi connectivity index (χ1n) is 9.94. The minimum atomic E-state index is -3.54. The molecule has 6 nitrogen and oxygen atoms in total. The van der Waals surface area contributed by atoms with E-state index in [1.165, 1.54) is 16.4 Å². The fraction of sp³-hybridized carbons (Fsp3) is 0.409. The van der Waals surface area contributed by atoms with Crippen molar-refractivity contribution in [2.24, 2.45) is 0 Å². The van der Waals surface area contributed by atoms with E-state index >= 15 is 0 Å². The van der Waals surface area contributed by atoms with E-state index in [1.54, 1.807) is 19.2 Å². The second-order valence-corrected chi connectivity index (χ2v) is 8.68. The Labute approximate surface area is 173 Å². The number of sulfonamides is 1. The van der Waals surface area contributed by atoms with E-state index in [1.807, 2.05) is 38.1 Å². The number of hydrogen-bond donors (Lipinski definition) is 1. The van der Waals surface area contributed by atoms with Crippen LogP contribution in [0.4, 0.5) is 0 Å². The number of para-hydroxylation sites is 1. The zero-order valence-corrected chi connectivity index (χ0v) is 18.2. The third-order valence-electron chi connectivity index (χ3n) is 4.57. The highest BCUT2D eigenvalue weighted by atomic mass is 32.2. The molecule has 2 rings (SSSR count). The second kappa shape index (κ2) is 11.0. The molecule has 0 spiro atoms. The predicted octanol–water partition coefficient (Wildman–Crippen LogP) is 3.48. The largest absolute Gasteiger partial charge is 0.496 e. The second-order valence-electron chi connectivity index (χ2n) is 6.75. The molecule has 0 aromatic heterocycles. The molecule has 0 fully saturated rings. The molecule has 0 unspecified atom stereocenters. The lowest BCUT2D eigenvalue weighted by atomic mass is 10.1. The molecule has 1 amide bonds. The van der Waals surface area contributed by atoms with Gasteiger partial charge in [-0.2, -0.15) is 4.31 Å². The summed E-state index contributed by atoms with van der Waals surface area (Å²) in [5, 5.41) is 2.87. The van der Waals surface area contributed by atoms with Crippen LogP contribution in [0.5, 0.6) is 5.75 Å². The lowest BCUT2D eigenvalue weighted by Gasteiger charge is -2.21. The van der Waals surface area contributed by atoms with Gasteiger partial charge in [-0.25, -0.2) is 8.42 Å². The van der Waals surface area contributed by atoms with E-state index in [0.29, 0.717) is 31.6 Å². The van der Waals surface area contributed by atoms with Gasteiger partial charge in [-0.15, -0.1) is 0 Å². The summed E-state index contributed by atoms with van der Waals surface area (Å²) in [6.07, 6.45) is 2.16. The van der Waals surface area contributed by atoms with E-state index in [-0.39, 0.29) is 10.8 Å². The van der Waals surface area contributed by atoms with Crippen molar-refractivity contribution in [1.82, 2.24) is 9.62 Å². The topological polar surface area (TPSA) is 75.7 Å². The van der Waals surface area contributed by atoms with Crippen molar-refractivity contribution >= 4 is 15.9 Å². The Balaban J connectivity index is 2.01. The number of nitrogens with zero attached hydrogens (tertiary/aromatic N) is 1. The molecule has 0 aliphatic heterocycles. The van der Waals surface area contributed by atoms with E-state index in [4.69, 9.17) is 4.74 Å². The van der Waals surface area contributed by atoms with Gasteiger partial charge >= 0.3 is 0 Å². The van der Waals surface area contributed by atoms with Gasteiger partial charge in [-0.1, -0.05) is 32.0 Å². The molecule has 0 aliphatic rings. The number of rotatable bonds is 11. The van der Waals surface area contributed by atoms with Crippen molar-refractivity contribution in [3.63, 3.8) is 0 Å². The molecule has 29 heavy (non-hydrogen) atoms. The Morgan fingerprint density at radius 2 is 1.62 bits per heavy atom. The zero-order valence-electron chi connectivity index (χ0n) is 17.3. The van der Waals surface area contributed by atoms with E-state index in [2.05, 4.69) is 5.32 Å². The summed E-state index contributed by atoms with van der Waals surface area (Å²) in [6.45, 7) is 5.34. The smallest absolute Gasteiger partial charge is 0.251 e. The lowest BCUT2D eigenvalue weighted by Crippen LogP contribution is -2.32. The molecule has 7 heteroatoms. The molecule has 2 aromatic carbocycles. The molecular weight excluding hydrogens is 388 g/mol. The highest BCUT2D eigenvalue weighted by molar-refractivity contribution is 7.89. The number of hydrogen-bond acceptors (Lipinski definition) is 4. The summed E-state index contributed by atoms with van der Waals surface area (Å²) in [4.78, 5) is 12.6. The first-order chi connectivity index (χ1) is 13.9. The molecule has 0 saturated heterocycles. The van der Waals surface area contributed by atoms with Crippen LogP contribution in [0.1, 0.15) is 42.6 Å². The zero-order chi connectivity index (χ0) is 21.3. The predicted molar refractivity (Wildman–Crippen MR) is 115 cm³/mol. The minimum absolute atomic E-state index is 0.213. The quantitative estimate of drug-likeness (QED) is 0.606. The maximum absolute atomic E-state index is 12.8. The molecule has 1 N–H and O–H groups in total. The molecule has 0 bridgehead atoms. The number of benzene rings is 2. The van der Waals surface area contributed by atoms with Gasteiger partial charge in [0.25, 0.3) is 5.91 Å². The Morgan fingerprint density at radius 1 is 1.00 bits per heavy atom. The number of carbonyl (C=O) groups is 1. The Hall–Kier alpha value is -2.38. The van der Waals surface area contributed by atoms with Gasteiger partial charge < -0.3 is 10.1 Å². The van der Waals surface area contributed by atoms with Crippen LogP contribution in [-0.2, 0) is 16.4 Å². The summed E-state index contributed by atoms with van der Waals surface area (Å²) in [5.41, 5.74) is 1.45. The standard InChI is InChI=1S/C22H30N2O4S/c1-4-16-24(17-5-2)29(26,27)20-12-10-19(11-13-20)22(25)23-15-14-18-8-6-7-9-21(18)28-3/h6-13H,4-5,14-17H2,1-3H3,(H,23,25). The summed E-state index contributed by atoms with van der Waals surface area (Å²) >= 11 is 0. The van der Waals surface area contributed by atoms with Crippen LogP contribution in [0.2, 0.25) is 0 Å². The van der Waals surface area contributed by atoms with Crippen LogP contribution >= 0.6 is 0 Å². The van der Waals surface area contributed by atoms with Gasteiger partial charge in [0, 0.05) is 25.2 Å². The van der Waals surface area contributed by atoms with Gasteiger partial charge in [0.15, 0.2) is 0 Å². The van der Waals surface area contributed by atoms with Crippen molar-refractivity contribution < 1.29 is 17.9 Å². The third kappa shape index (κ3) is 6.05. The molecule has 158 valence electrons. The first-order valence-corrected chi connectivity index (χ1v) is 11.4. The van der Waals surface area contributed by atoms with Crippen LogP contribution < -0.4 is 10.1 Å². The average molecular weight is 419 g/mol. The number of ether oxygens (including phenoxy) is 1. The van der Waals surface area contributed by atoms with Gasteiger partial charge in [0.2, 0.25) is 10.0 Å². The average Bonchev–Trinajstić information content (AvgIpc) is 2.74. The summed E-state index contributed by atoms with van der Waals surface area (Å²) in [5.74, 6) is 0.558. The van der Waals surface area contributed by atoms with Crippen molar-refractivity contribution in [3.05, 3.63) is 59.7 Å². The minimum Gasteiger partial charge on any atom is -0.496 e. The van der Waals surface area contributed by atoms with Crippen molar-refractivity contribution in [2.75, 3.05) is 26.7 Å². The molecule has 0 atom stereocenters. The molecular formula is C22H30N2O4S. The monoisotopic (exact) mass is 418 g/mol. The lowest BCUT2D eigenvalue weighted by molar-refractivity contribution is 0.0954. The van der Waals surface area contributed by atoms with Crippen molar-refractivity contribution in [2.45, 2.75) is 38.0 Å². The molecule has 0 radical (unpaired) electrons. The first kappa shape index (κ1) is 22.9. The van der Waals surface area contributed by atoms with E-state index in [9.17, 15) is 13.2 Å².